The highest BCUT2D eigenvalue weighted by atomic mass is 31.2. The van der Waals surface area contributed by atoms with E-state index in [0.717, 1.165) is 30.8 Å². The highest BCUT2D eigenvalue weighted by molar-refractivity contribution is 7.42. The Morgan fingerprint density at radius 3 is 1.71 bits per heavy atom. The van der Waals surface area contributed by atoms with Gasteiger partial charge in [-0.15, -0.1) is 0 Å². The second-order valence-electron chi connectivity index (χ2n) is 16.8. The summed E-state index contributed by atoms with van der Waals surface area (Å²) in [6.07, 6.45) is 9.07. The minimum absolute atomic E-state index is 0.0282. The summed E-state index contributed by atoms with van der Waals surface area (Å²) in [5.74, 6) is 1.92. The van der Waals surface area contributed by atoms with E-state index >= 15 is 0 Å². The van der Waals surface area contributed by atoms with E-state index in [4.69, 9.17) is 13.6 Å². The quantitative estimate of drug-likeness (QED) is 0.213. The van der Waals surface area contributed by atoms with Gasteiger partial charge in [0.25, 0.3) is 0 Å². The van der Waals surface area contributed by atoms with Crippen LogP contribution in [0.15, 0.2) is 24.3 Å². The number of hydrogen-bond acceptors (Lipinski definition) is 3. The van der Waals surface area contributed by atoms with Gasteiger partial charge in [0.2, 0.25) is 0 Å². The third-order valence-corrected chi connectivity index (χ3v) is 9.13. The standard InChI is InChI=1S/C38H61O3P/c1-14-15-16-17-18-19-20-39-42-40-33-27(22-30(36(5,6)7)24-29(33)26-35(2,3)4)21-28-23-31(37(8,9)10)25-32(34(28)41-42)38(11,12)13/h22-25H,14-21,26H2,1-13H3. The van der Waals surface area contributed by atoms with Crippen molar-refractivity contribution in [1.82, 2.24) is 0 Å². The van der Waals surface area contributed by atoms with E-state index in [1.165, 1.54) is 65.5 Å². The fraction of sp³-hybridized carbons (Fsp3) is 0.684. The largest absolute Gasteiger partial charge is 0.463 e. The third kappa shape index (κ3) is 9.72. The molecular weight excluding hydrogens is 535 g/mol. The lowest BCUT2D eigenvalue weighted by atomic mass is 9.77. The molecule has 0 N–H and O–H groups in total. The molecule has 0 amide bonds. The smallest absolute Gasteiger partial charge is 0.417 e. The van der Waals surface area contributed by atoms with Gasteiger partial charge in [0.05, 0.1) is 6.61 Å². The van der Waals surface area contributed by atoms with Crippen LogP contribution in [-0.4, -0.2) is 6.61 Å². The Morgan fingerprint density at radius 1 is 0.643 bits per heavy atom. The average Bonchev–Trinajstić information content (AvgIpc) is 2.81. The first kappa shape index (κ1) is 34.9. The van der Waals surface area contributed by atoms with Gasteiger partial charge in [0.15, 0.2) is 0 Å². The van der Waals surface area contributed by atoms with Gasteiger partial charge in [-0.3, -0.25) is 4.52 Å². The molecule has 0 aromatic heterocycles. The fourth-order valence-corrected chi connectivity index (χ4v) is 6.67. The van der Waals surface area contributed by atoms with Crippen molar-refractivity contribution in [3.63, 3.8) is 0 Å². The molecule has 0 saturated heterocycles. The maximum Gasteiger partial charge on any atom is 0.463 e. The van der Waals surface area contributed by atoms with Crippen molar-refractivity contribution >= 4 is 8.60 Å². The van der Waals surface area contributed by atoms with Gasteiger partial charge in [-0.25, -0.2) is 0 Å². The number of hydrogen-bond donors (Lipinski definition) is 0. The summed E-state index contributed by atoms with van der Waals surface area (Å²) >= 11 is 0. The zero-order valence-corrected chi connectivity index (χ0v) is 30.2. The van der Waals surface area contributed by atoms with Crippen LogP contribution < -0.4 is 9.05 Å². The monoisotopic (exact) mass is 596 g/mol. The van der Waals surface area contributed by atoms with E-state index in [1.54, 1.807) is 0 Å². The van der Waals surface area contributed by atoms with Crippen LogP contribution in [0.4, 0.5) is 0 Å². The number of unbranched alkanes of at least 4 members (excludes halogenated alkanes) is 5. The fourth-order valence-electron chi connectivity index (χ4n) is 5.50. The molecule has 3 rings (SSSR count). The molecular formula is C38H61O3P. The van der Waals surface area contributed by atoms with Crippen molar-refractivity contribution in [3.05, 3.63) is 57.6 Å². The Hall–Kier alpha value is -1.57. The molecule has 0 bridgehead atoms. The SMILES string of the molecule is CCCCCCCCOP1Oc2c(cc(C(C)(C)C)cc2CC(C)(C)C)Cc2cc(C(C)(C)C)cc(C(C)(C)C)c2O1. The van der Waals surface area contributed by atoms with E-state index in [2.05, 4.69) is 114 Å². The maximum atomic E-state index is 6.87. The molecule has 2 aromatic carbocycles. The molecule has 1 heterocycles. The van der Waals surface area contributed by atoms with Crippen molar-refractivity contribution in [3.8, 4) is 11.5 Å². The molecule has 0 fully saturated rings. The normalized spacial score (nSPS) is 16.2. The summed E-state index contributed by atoms with van der Waals surface area (Å²) in [6.45, 7) is 30.5. The topological polar surface area (TPSA) is 27.7 Å². The van der Waals surface area contributed by atoms with Gasteiger partial charge in [-0.05, 0) is 62.3 Å². The van der Waals surface area contributed by atoms with Crippen molar-refractivity contribution < 1.29 is 13.6 Å². The molecule has 1 aliphatic heterocycles. The average molecular weight is 597 g/mol. The molecule has 1 unspecified atom stereocenters. The van der Waals surface area contributed by atoms with Crippen LogP contribution >= 0.6 is 8.60 Å². The van der Waals surface area contributed by atoms with E-state index in [-0.39, 0.29) is 21.7 Å². The van der Waals surface area contributed by atoms with Crippen molar-refractivity contribution in [1.29, 1.82) is 0 Å². The first-order chi connectivity index (χ1) is 19.3. The van der Waals surface area contributed by atoms with E-state index in [9.17, 15) is 0 Å². The number of benzene rings is 2. The minimum atomic E-state index is -1.61. The van der Waals surface area contributed by atoms with Crippen LogP contribution in [0.3, 0.4) is 0 Å². The Labute approximate surface area is 260 Å². The molecule has 1 atom stereocenters. The van der Waals surface area contributed by atoms with Crippen LogP contribution in [0, 0.1) is 5.41 Å². The zero-order chi connectivity index (χ0) is 31.5. The van der Waals surface area contributed by atoms with Crippen LogP contribution in [0.1, 0.15) is 162 Å². The van der Waals surface area contributed by atoms with Crippen molar-refractivity contribution in [2.45, 2.75) is 158 Å². The van der Waals surface area contributed by atoms with Crippen LogP contribution in [0.5, 0.6) is 11.5 Å². The summed E-state index contributed by atoms with van der Waals surface area (Å²) < 4.78 is 20.2. The van der Waals surface area contributed by atoms with Crippen LogP contribution in [0.25, 0.3) is 0 Å². The Morgan fingerprint density at radius 2 is 1.17 bits per heavy atom. The molecule has 0 aliphatic carbocycles. The van der Waals surface area contributed by atoms with Gasteiger partial charge in [-0.2, -0.15) is 0 Å². The maximum absolute atomic E-state index is 6.87. The molecule has 3 nitrogen and oxygen atoms in total. The predicted molar refractivity (Wildman–Crippen MR) is 182 cm³/mol. The van der Waals surface area contributed by atoms with Gasteiger partial charge < -0.3 is 9.05 Å². The van der Waals surface area contributed by atoms with E-state index in [1.807, 2.05) is 0 Å². The molecule has 2 aromatic rings. The van der Waals surface area contributed by atoms with Gasteiger partial charge in [0.1, 0.15) is 11.5 Å². The van der Waals surface area contributed by atoms with Gasteiger partial charge >= 0.3 is 8.60 Å². The third-order valence-electron chi connectivity index (χ3n) is 8.08. The minimum Gasteiger partial charge on any atom is -0.417 e. The number of fused-ring (bicyclic) bond motifs is 2. The highest BCUT2D eigenvalue weighted by Gasteiger charge is 2.34. The predicted octanol–water partition coefficient (Wildman–Crippen LogP) is 12.1. The molecule has 1 aliphatic rings. The van der Waals surface area contributed by atoms with E-state index < -0.39 is 8.60 Å². The van der Waals surface area contributed by atoms with Crippen molar-refractivity contribution in [2.75, 3.05) is 6.61 Å². The van der Waals surface area contributed by atoms with Crippen LogP contribution in [-0.2, 0) is 33.6 Å². The molecule has 42 heavy (non-hydrogen) atoms. The molecule has 0 radical (unpaired) electrons. The summed E-state index contributed by atoms with van der Waals surface area (Å²) in [6, 6.07) is 9.51. The molecule has 0 saturated carbocycles. The summed E-state index contributed by atoms with van der Waals surface area (Å²) in [5, 5.41) is 0. The number of rotatable bonds is 9. The Bertz CT molecular complexity index is 1190. The highest BCUT2D eigenvalue weighted by Crippen LogP contribution is 2.52. The van der Waals surface area contributed by atoms with Gasteiger partial charge in [-0.1, -0.05) is 146 Å². The van der Waals surface area contributed by atoms with E-state index in [0.29, 0.717) is 6.61 Å². The summed E-state index contributed by atoms with van der Waals surface area (Å²) in [4.78, 5) is 0. The summed E-state index contributed by atoms with van der Waals surface area (Å²) in [7, 11) is -1.61. The first-order valence-electron chi connectivity index (χ1n) is 16.4. The first-order valence-corrected chi connectivity index (χ1v) is 17.5. The Kier molecular flexibility index (Phi) is 11.3. The molecule has 236 valence electrons. The second-order valence-corrected chi connectivity index (χ2v) is 17.9. The molecule has 0 spiro atoms. The lowest BCUT2D eigenvalue weighted by Crippen LogP contribution is -2.21. The molecule has 4 heteroatoms. The zero-order valence-electron chi connectivity index (χ0n) is 29.3. The second kappa shape index (κ2) is 13.6. The van der Waals surface area contributed by atoms with Crippen LogP contribution in [0.2, 0.25) is 0 Å². The summed E-state index contributed by atoms with van der Waals surface area (Å²) in [5.41, 5.74) is 7.77. The Balaban J connectivity index is 2.17. The van der Waals surface area contributed by atoms with Gasteiger partial charge in [0, 0.05) is 12.0 Å². The van der Waals surface area contributed by atoms with Crippen molar-refractivity contribution in [2.24, 2.45) is 5.41 Å². The lowest BCUT2D eigenvalue weighted by molar-refractivity contribution is 0.253. The lowest BCUT2D eigenvalue weighted by Gasteiger charge is -2.33.